The number of hydrogen-bond acceptors (Lipinski definition) is 3. The fourth-order valence-corrected chi connectivity index (χ4v) is 0.993. The van der Waals surface area contributed by atoms with Crippen molar-refractivity contribution in [3.8, 4) is 0 Å². The summed E-state index contributed by atoms with van der Waals surface area (Å²) < 4.78 is 10.5. The summed E-state index contributed by atoms with van der Waals surface area (Å²) >= 11 is 0. The van der Waals surface area contributed by atoms with Crippen LogP contribution in [0.3, 0.4) is 0 Å². The van der Waals surface area contributed by atoms with Crippen molar-refractivity contribution in [2.45, 2.75) is 26.2 Å². The van der Waals surface area contributed by atoms with E-state index < -0.39 is 0 Å². The van der Waals surface area contributed by atoms with E-state index in [0.717, 1.165) is 13.2 Å². The van der Waals surface area contributed by atoms with Gasteiger partial charge in [0.15, 0.2) is 0 Å². The van der Waals surface area contributed by atoms with Gasteiger partial charge in [0.25, 0.3) is 0 Å². The quantitative estimate of drug-likeness (QED) is 0.705. The molecule has 0 amide bonds. The van der Waals surface area contributed by atoms with Gasteiger partial charge in [-0.3, -0.25) is 0 Å². The summed E-state index contributed by atoms with van der Waals surface area (Å²) in [6.07, 6.45) is -0.0984. The first-order chi connectivity index (χ1) is 4.84. The minimum absolute atomic E-state index is 0. The third-order valence-corrected chi connectivity index (χ3v) is 1.53. The molecule has 0 aromatic carbocycles. The smallest absolute Gasteiger partial charge is 0.143 e. The van der Waals surface area contributed by atoms with Crippen molar-refractivity contribution in [3.63, 3.8) is 0 Å². The molecule has 1 aliphatic rings. The van der Waals surface area contributed by atoms with Crippen LogP contribution in [0.2, 0.25) is 0 Å². The summed E-state index contributed by atoms with van der Waals surface area (Å²) in [5, 5.41) is 3.25. The van der Waals surface area contributed by atoms with E-state index in [9.17, 15) is 0 Å². The van der Waals surface area contributed by atoms with E-state index in [4.69, 9.17) is 9.47 Å². The third kappa shape index (κ3) is 3.95. The molecular weight excluding hydrogens is 219 g/mol. The SMILES string of the molecule is C[CH-]OC1OCCNC1C.[Y]. The fraction of sp³-hybridized carbons (Fsp3) is 0.857. The van der Waals surface area contributed by atoms with Gasteiger partial charge in [-0.1, -0.05) is 0 Å². The molecule has 0 aliphatic carbocycles. The Balaban J connectivity index is 0.000001000. The molecule has 0 bridgehead atoms. The van der Waals surface area contributed by atoms with Crippen LogP contribution in [0.1, 0.15) is 13.8 Å². The van der Waals surface area contributed by atoms with Crippen LogP contribution >= 0.6 is 0 Å². The molecule has 2 atom stereocenters. The third-order valence-electron chi connectivity index (χ3n) is 1.53. The zero-order valence-electron chi connectivity index (χ0n) is 7.04. The van der Waals surface area contributed by atoms with Crippen molar-refractivity contribution in [1.82, 2.24) is 5.32 Å². The maximum atomic E-state index is 5.31. The van der Waals surface area contributed by atoms with Gasteiger partial charge in [-0.2, -0.15) is 6.92 Å². The van der Waals surface area contributed by atoms with Gasteiger partial charge in [-0.15, -0.1) is 0 Å². The molecule has 4 heteroatoms. The van der Waals surface area contributed by atoms with Crippen LogP contribution in [0, 0.1) is 6.61 Å². The van der Waals surface area contributed by atoms with E-state index in [1.54, 1.807) is 6.61 Å². The number of hydrogen-bond donors (Lipinski definition) is 1. The molecule has 1 fully saturated rings. The van der Waals surface area contributed by atoms with Crippen LogP contribution in [-0.2, 0) is 42.2 Å². The summed E-state index contributed by atoms with van der Waals surface area (Å²) in [4.78, 5) is 0. The Hall–Kier alpha value is 0.984. The maximum Gasteiger partial charge on any atom is 0.143 e. The first-order valence-corrected chi connectivity index (χ1v) is 3.63. The first kappa shape index (κ1) is 12.0. The normalized spacial score (nSPS) is 31.1. The molecule has 0 aromatic heterocycles. The number of ether oxygens (including phenoxy) is 2. The average molecular weight is 233 g/mol. The van der Waals surface area contributed by atoms with E-state index in [0.29, 0.717) is 6.04 Å². The zero-order chi connectivity index (χ0) is 7.40. The standard InChI is InChI=1S/C7H14NO2.Y/c1-3-9-7-6(2)8-4-5-10-7;/h3,6-8H,4-5H2,1-2H3;/q-1;. The molecule has 0 spiro atoms. The molecule has 0 aromatic rings. The Morgan fingerprint density at radius 3 is 2.91 bits per heavy atom. The zero-order valence-corrected chi connectivity index (χ0v) is 9.88. The first-order valence-electron chi connectivity index (χ1n) is 3.63. The molecule has 2 unspecified atom stereocenters. The molecule has 11 heavy (non-hydrogen) atoms. The molecule has 63 valence electrons. The van der Waals surface area contributed by atoms with Crippen LogP contribution in [0.4, 0.5) is 0 Å². The topological polar surface area (TPSA) is 30.5 Å². The van der Waals surface area contributed by atoms with Gasteiger partial charge in [0.2, 0.25) is 0 Å². The second-order valence-corrected chi connectivity index (χ2v) is 2.35. The summed E-state index contributed by atoms with van der Waals surface area (Å²) in [5.74, 6) is 0. The molecule has 1 rings (SSSR count). The second-order valence-electron chi connectivity index (χ2n) is 2.35. The molecule has 1 heterocycles. The van der Waals surface area contributed by atoms with Crippen molar-refractivity contribution in [3.05, 3.63) is 6.61 Å². The predicted octanol–water partition coefficient (Wildman–Crippen LogP) is 0.517. The van der Waals surface area contributed by atoms with Gasteiger partial charge in [-0.05, 0) is 6.92 Å². The average Bonchev–Trinajstić information content (AvgIpc) is 1.94. The molecule has 0 saturated carbocycles. The van der Waals surface area contributed by atoms with Crippen molar-refractivity contribution in [2.75, 3.05) is 13.2 Å². The van der Waals surface area contributed by atoms with Crippen molar-refractivity contribution >= 4 is 0 Å². The molecule has 1 saturated heterocycles. The van der Waals surface area contributed by atoms with E-state index in [2.05, 4.69) is 5.32 Å². The Kier molecular flexibility index (Phi) is 7.08. The maximum absolute atomic E-state index is 5.31. The van der Waals surface area contributed by atoms with Crippen LogP contribution in [-0.4, -0.2) is 25.5 Å². The van der Waals surface area contributed by atoms with E-state index in [1.807, 2.05) is 13.8 Å². The molecule has 1 radical (unpaired) electrons. The number of morpholine rings is 1. The van der Waals surface area contributed by atoms with Gasteiger partial charge in [0, 0.05) is 39.3 Å². The summed E-state index contributed by atoms with van der Waals surface area (Å²) in [6, 6.07) is 0.296. The minimum Gasteiger partial charge on any atom is -0.529 e. The second kappa shape index (κ2) is 6.49. The summed E-state index contributed by atoms with van der Waals surface area (Å²) in [5.41, 5.74) is 0. The summed E-state index contributed by atoms with van der Waals surface area (Å²) in [7, 11) is 0. The van der Waals surface area contributed by atoms with Crippen molar-refractivity contribution in [2.24, 2.45) is 0 Å². The number of nitrogens with one attached hydrogen (secondary N) is 1. The molecule has 3 nitrogen and oxygen atoms in total. The molecule has 1 N–H and O–H groups in total. The molecule has 1 aliphatic heterocycles. The Labute approximate surface area is 93.1 Å². The van der Waals surface area contributed by atoms with Crippen LogP contribution in [0.25, 0.3) is 0 Å². The van der Waals surface area contributed by atoms with E-state index in [1.165, 1.54) is 0 Å². The largest absolute Gasteiger partial charge is 0.529 e. The van der Waals surface area contributed by atoms with Gasteiger partial charge in [0.1, 0.15) is 6.29 Å². The number of rotatable bonds is 2. The van der Waals surface area contributed by atoms with Crippen LogP contribution < -0.4 is 5.32 Å². The summed E-state index contributed by atoms with van der Waals surface area (Å²) in [6.45, 7) is 7.22. The Morgan fingerprint density at radius 2 is 2.36 bits per heavy atom. The van der Waals surface area contributed by atoms with E-state index in [-0.39, 0.29) is 39.0 Å². The van der Waals surface area contributed by atoms with Crippen molar-refractivity contribution in [1.29, 1.82) is 0 Å². The fourth-order valence-electron chi connectivity index (χ4n) is 0.993. The van der Waals surface area contributed by atoms with Gasteiger partial charge in [-0.25, -0.2) is 6.61 Å². The van der Waals surface area contributed by atoms with Gasteiger partial charge >= 0.3 is 0 Å². The van der Waals surface area contributed by atoms with Gasteiger partial charge < -0.3 is 14.8 Å². The van der Waals surface area contributed by atoms with E-state index >= 15 is 0 Å². The van der Waals surface area contributed by atoms with Gasteiger partial charge in [0.05, 0.1) is 12.6 Å². The predicted molar refractivity (Wildman–Crippen MR) is 38.3 cm³/mol. The van der Waals surface area contributed by atoms with Crippen LogP contribution in [0.15, 0.2) is 0 Å². The molecular formula is C7H14NO2Y-. The Bertz CT molecular complexity index is 100. The van der Waals surface area contributed by atoms with Crippen molar-refractivity contribution < 1.29 is 42.2 Å². The monoisotopic (exact) mass is 233 g/mol. The minimum atomic E-state index is -0.0984. The van der Waals surface area contributed by atoms with Crippen LogP contribution in [0.5, 0.6) is 0 Å². The Morgan fingerprint density at radius 1 is 1.64 bits per heavy atom.